The maximum Gasteiger partial charge on any atom is 0.151 e. The van der Waals surface area contributed by atoms with E-state index in [4.69, 9.17) is 9.47 Å². The normalized spacial score (nSPS) is 16.2. The fourth-order valence-corrected chi connectivity index (χ4v) is 15.4. The number of para-hydroxylation sites is 8. The number of hydrogen-bond donors (Lipinski definition) is 0. The fourth-order valence-electron chi connectivity index (χ4n) is 15.4. The molecule has 0 aromatic heterocycles. The van der Waals surface area contributed by atoms with Gasteiger partial charge in [-0.3, -0.25) is 0 Å². The minimum atomic E-state index is -0.00392. The predicted molar refractivity (Wildman–Crippen MR) is 338 cm³/mol. The van der Waals surface area contributed by atoms with Crippen LogP contribution in [-0.4, -0.2) is 0 Å². The van der Waals surface area contributed by atoms with Gasteiger partial charge in [0.25, 0.3) is 0 Å². The number of fused-ring (bicyclic) bond motifs is 8. The Hall–Kier alpha value is -10.4. The zero-order valence-electron chi connectivity index (χ0n) is 45.6. The standard InChI is InChI=1S/C79H52N2O2/c1-47-20-2-4-23-52(47)77-53-24-5-3-21-48(53)44-49-22-18-29-60(73(49)77)75-58-42-40-51(81-67-34-12-16-38-71(67)83-72-39-17-13-35-68(72)81)46-64(58)76(59-43-41-50(45-63(59)75)80-65-32-10-14-36-69(65)82-70-37-15-11-33-66(70)80)62-31-19-30-61-74-54-25-6-8-27-56(54)78(79(61)62)57-28-9-7-26-55(57)74/h2-43,45-46,74,77-78H,44H2,1H3. The summed E-state index contributed by atoms with van der Waals surface area (Å²) in [5, 5.41) is 4.78. The molecule has 0 amide bonds. The van der Waals surface area contributed by atoms with Gasteiger partial charge in [0.1, 0.15) is 0 Å². The van der Waals surface area contributed by atoms with Crippen LogP contribution in [0.3, 0.4) is 0 Å². The van der Waals surface area contributed by atoms with Crippen molar-refractivity contribution >= 4 is 55.7 Å². The van der Waals surface area contributed by atoms with Crippen LogP contribution in [0.25, 0.3) is 43.8 Å². The Bertz CT molecular complexity index is 4770. The molecule has 0 N–H and O–H groups in total. The van der Waals surface area contributed by atoms with Crippen molar-refractivity contribution in [1.82, 2.24) is 0 Å². The molecule has 0 saturated carbocycles. The molecule has 4 nitrogen and oxygen atoms in total. The smallest absolute Gasteiger partial charge is 0.151 e. The van der Waals surface area contributed by atoms with Gasteiger partial charge in [-0.1, -0.05) is 194 Å². The zero-order chi connectivity index (χ0) is 54.4. The van der Waals surface area contributed by atoms with Crippen LogP contribution in [0.1, 0.15) is 84.5 Å². The van der Waals surface area contributed by atoms with Crippen molar-refractivity contribution in [1.29, 1.82) is 0 Å². The second-order valence-corrected chi connectivity index (χ2v) is 22.9. The second-order valence-electron chi connectivity index (χ2n) is 22.9. The lowest BCUT2D eigenvalue weighted by Gasteiger charge is -2.43. The third kappa shape index (κ3) is 6.69. The molecule has 13 aromatic carbocycles. The van der Waals surface area contributed by atoms with Gasteiger partial charge in [0.15, 0.2) is 23.0 Å². The number of anilines is 6. The summed E-state index contributed by atoms with van der Waals surface area (Å²) in [5.74, 6) is 3.46. The summed E-state index contributed by atoms with van der Waals surface area (Å²) in [6.07, 6.45) is 0.851. The molecule has 4 aliphatic carbocycles. The van der Waals surface area contributed by atoms with E-state index < -0.39 is 0 Å². The monoisotopic (exact) mass is 1060 g/mol. The number of aryl methyl sites for hydroxylation is 1. The average Bonchev–Trinajstić information content (AvgIpc) is 1.03. The largest absolute Gasteiger partial charge is 0.453 e. The first-order valence-corrected chi connectivity index (χ1v) is 29.0. The fraction of sp³-hybridized carbons (Fsp3) is 0.0633. The number of ether oxygens (including phenoxy) is 2. The van der Waals surface area contributed by atoms with E-state index in [-0.39, 0.29) is 17.8 Å². The lowest BCUT2D eigenvalue weighted by Crippen LogP contribution is -2.28. The first-order chi connectivity index (χ1) is 41.1. The van der Waals surface area contributed by atoms with Crippen LogP contribution in [-0.2, 0) is 6.42 Å². The van der Waals surface area contributed by atoms with E-state index in [1.54, 1.807) is 0 Å². The summed E-state index contributed by atoms with van der Waals surface area (Å²) in [7, 11) is 0. The molecule has 2 bridgehead atoms. The number of nitrogens with zero attached hydrogens (tertiary/aromatic N) is 2. The molecule has 19 rings (SSSR count). The Balaban J connectivity index is 1.000. The summed E-state index contributed by atoms with van der Waals surface area (Å²) in [5.41, 5.74) is 27.6. The van der Waals surface area contributed by atoms with E-state index in [1.807, 2.05) is 0 Å². The Labute approximate surface area is 482 Å². The van der Waals surface area contributed by atoms with E-state index in [1.165, 1.54) is 111 Å². The molecule has 0 spiro atoms. The number of benzene rings is 13. The molecule has 4 heteroatoms. The Morgan fingerprint density at radius 3 is 1.20 bits per heavy atom. The number of hydrogen-bond acceptors (Lipinski definition) is 4. The summed E-state index contributed by atoms with van der Waals surface area (Å²) < 4.78 is 13.4. The van der Waals surface area contributed by atoms with Crippen LogP contribution in [0, 0.1) is 6.92 Å². The maximum absolute atomic E-state index is 6.68. The van der Waals surface area contributed by atoms with E-state index in [0.29, 0.717) is 0 Å². The van der Waals surface area contributed by atoms with Crippen molar-refractivity contribution in [3.63, 3.8) is 0 Å². The molecular weight excluding hydrogens is 1010 g/mol. The topological polar surface area (TPSA) is 24.9 Å². The Morgan fingerprint density at radius 2 is 0.687 bits per heavy atom. The summed E-state index contributed by atoms with van der Waals surface area (Å²) in [6.45, 7) is 2.28. The SMILES string of the molecule is Cc1ccccc1C1c2ccccc2Cc2cccc(-c3c4cc(N5c6ccccc6Oc6ccccc65)ccc4c(-c4cccc5c4C4c6ccccc6C5c5ccccc54)c4cc(N5c6ccccc6Oc6ccccc65)ccc34)c21. The Morgan fingerprint density at radius 1 is 0.301 bits per heavy atom. The highest BCUT2D eigenvalue weighted by Crippen LogP contribution is 2.61. The van der Waals surface area contributed by atoms with Crippen molar-refractivity contribution in [3.8, 4) is 45.3 Å². The lowest BCUT2D eigenvalue weighted by molar-refractivity contribution is 0.477. The van der Waals surface area contributed by atoms with Crippen LogP contribution in [0.2, 0.25) is 0 Å². The van der Waals surface area contributed by atoms with Crippen molar-refractivity contribution in [2.45, 2.75) is 31.1 Å². The lowest BCUT2D eigenvalue weighted by atomic mass is 9.59. The van der Waals surface area contributed by atoms with E-state index >= 15 is 0 Å². The average molecular weight is 1060 g/mol. The van der Waals surface area contributed by atoms with Gasteiger partial charge in [0.05, 0.1) is 22.7 Å². The minimum Gasteiger partial charge on any atom is -0.453 e. The van der Waals surface area contributed by atoms with Gasteiger partial charge >= 0.3 is 0 Å². The summed E-state index contributed by atoms with van der Waals surface area (Å²) >= 11 is 0. The quantitative estimate of drug-likeness (QED) is 0.160. The maximum atomic E-state index is 6.68. The van der Waals surface area contributed by atoms with Gasteiger partial charge in [0, 0.05) is 29.1 Å². The van der Waals surface area contributed by atoms with Crippen molar-refractivity contribution < 1.29 is 9.47 Å². The van der Waals surface area contributed by atoms with Gasteiger partial charge in [-0.2, -0.15) is 0 Å². The molecular formula is C79H52N2O2. The highest BCUT2D eigenvalue weighted by molar-refractivity contribution is 6.23. The van der Waals surface area contributed by atoms with Crippen LogP contribution in [0.4, 0.5) is 34.1 Å². The van der Waals surface area contributed by atoms with Crippen LogP contribution >= 0.6 is 0 Å². The highest BCUT2D eigenvalue weighted by atomic mass is 16.5. The third-order valence-corrected chi connectivity index (χ3v) is 18.7. The molecule has 1 unspecified atom stereocenters. The van der Waals surface area contributed by atoms with Gasteiger partial charge in [-0.05, 0) is 197 Å². The minimum absolute atomic E-state index is 0.00392. The van der Waals surface area contributed by atoms with Crippen LogP contribution < -0.4 is 19.3 Å². The molecule has 2 aliphatic heterocycles. The van der Waals surface area contributed by atoms with Crippen molar-refractivity contribution in [2.75, 3.05) is 9.80 Å². The molecule has 13 aromatic rings. The molecule has 0 radical (unpaired) electrons. The molecule has 0 saturated heterocycles. The molecule has 6 aliphatic rings. The zero-order valence-corrected chi connectivity index (χ0v) is 45.6. The first kappa shape index (κ1) is 46.3. The van der Waals surface area contributed by atoms with Crippen molar-refractivity contribution in [2.24, 2.45) is 0 Å². The van der Waals surface area contributed by atoms with E-state index in [0.717, 1.165) is 63.5 Å². The van der Waals surface area contributed by atoms with Gasteiger partial charge in [-0.15, -0.1) is 0 Å². The summed E-state index contributed by atoms with van der Waals surface area (Å²) in [4.78, 5) is 4.81. The van der Waals surface area contributed by atoms with Crippen LogP contribution in [0.15, 0.2) is 267 Å². The van der Waals surface area contributed by atoms with Gasteiger partial charge in [-0.25, -0.2) is 0 Å². The predicted octanol–water partition coefficient (Wildman–Crippen LogP) is 20.9. The van der Waals surface area contributed by atoms with E-state index in [9.17, 15) is 0 Å². The number of rotatable bonds is 5. The first-order valence-electron chi connectivity index (χ1n) is 29.0. The molecule has 2 heterocycles. The molecule has 0 fully saturated rings. The molecule has 83 heavy (non-hydrogen) atoms. The Kier molecular flexibility index (Phi) is 9.93. The summed E-state index contributed by atoms with van der Waals surface area (Å²) in [6, 6.07) is 99.4. The van der Waals surface area contributed by atoms with Crippen LogP contribution in [0.5, 0.6) is 23.0 Å². The molecule has 390 valence electrons. The van der Waals surface area contributed by atoms with E-state index in [2.05, 4.69) is 284 Å². The molecule has 1 atom stereocenters. The van der Waals surface area contributed by atoms with Gasteiger partial charge < -0.3 is 19.3 Å². The van der Waals surface area contributed by atoms with Gasteiger partial charge in [0.2, 0.25) is 0 Å². The van der Waals surface area contributed by atoms with Crippen molar-refractivity contribution in [3.05, 3.63) is 334 Å². The third-order valence-electron chi connectivity index (χ3n) is 18.7. The second kappa shape index (κ2) is 17.8. The highest BCUT2D eigenvalue weighted by Gasteiger charge is 2.43.